The summed E-state index contributed by atoms with van der Waals surface area (Å²) in [5, 5.41) is 0. The maximum Gasteiger partial charge on any atom is 0.410 e. The van der Waals surface area contributed by atoms with Gasteiger partial charge in [-0.1, -0.05) is 18.2 Å². The maximum atomic E-state index is 13.8. The number of esters is 1. The number of aryl methyl sites for hydroxylation is 2. The Morgan fingerprint density at radius 3 is 2.51 bits per heavy atom. The van der Waals surface area contributed by atoms with Crippen LogP contribution in [-0.2, 0) is 29.0 Å². The molecule has 1 aliphatic rings. The number of amides is 1. The van der Waals surface area contributed by atoms with Gasteiger partial charge in [-0.2, -0.15) is 0 Å². The highest BCUT2D eigenvalue weighted by atomic mass is 19.2. The second-order valence-electron chi connectivity index (χ2n) is 10.8. The van der Waals surface area contributed by atoms with Crippen molar-refractivity contribution in [3.8, 4) is 0 Å². The molecule has 1 aromatic heterocycles. The summed E-state index contributed by atoms with van der Waals surface area (Å²) in [5.74, 6) is -2.20. The molecule has 1 aliphatic carbocycles. The molecule has 0 N–H and O–H groups in total. The first-order valence-electron chi connectivity index (χ1n) is 13.3. The van der Waals surface area contributed by atoms with E-state index in [9.17, 15) is 18.4 Å². The molecule has 4 rings (SSSR count). The highest BCUT2D eigenvalue weighted by Crippen LogP contribution is 2.46. The lowest BCUT2D eigenvalue weighted by atomic mass is 10.1. The average molecular weight is 540 g/mol. The Bertz CT molecular complexity index is 1300. The molecule has 1 saturated carbocycles. The smallest absolute Gasteiger partial charge is 0.410 e. The first-order chi connectivity index (χ1) is 18.5. The van der Waals surface area contributed by atoms with Crippen molar-refractivity contribution >= 4 is 12.1 Å². The fourth-order valence-electron chi connectivity index (χ4n) is 4.54. The van der Waals surface area contributed by atoms with Gasteiger partial charge in [0.1, 0.15) is 5.60 Å². The third kappa shape index (κ3) is 7.65. The van der Waals surface area contributed by atoms with E-state index in [4.69, 9.17) is 9.47 Å². The van der Waals surface area contributed by atoms with Crippen LogP contribution in [0.15, 0.2) is 55.0 Å². The normalized spacial score (nSPS) is 16.6. The monoisotopic (exact) mass is 539 g/mol. The fraction of sp³-hybridized carbons (Fsp3) is 0.433. The van der Waals surface area contributed by atoms with Crippen molar-refractivity contribution < 1.29 is 27.8 Å². The van der Waals surface area contributed by atoms with Crippen LogP contribution in [0.1, 0.15) is 73.6 Å². The summed E-state index contributed by atoms with van der Waals surface area (Å²) < 4.78 is 39.9. The highest BCUT2D eigenvalue weighted by Gasteiger charge is 2.46. The topological polar surface area (TPSA) is 73.7 Å². The van der Waals surface area contributed by atoms with Gasteiger partial charge in [-0.25, -0.2) is 23.4 Å². The van der Waals surface area contributed by atoms with E-state index in [0.29, 0.717) is 24.2 Å². The van der Waals surface area contributed by atoms with Crippen LogP contribution in [0.25, 0.3) is 0 Å². The Labute approximate surface area is 227 Å². The van der Waals surface area contributed by atoms with E-state index in [2.05, 4.69) is 4.98 Å². The number of benzene rings is 2. The molecular formula is C30H35F2N3O4. The molecular weight excluding hydrogens is 504 g/mol. The molecule has 2 aromatic carbocycles. The molecule has 1 amide bonds. The third-order valence-corrected chi connectivity index (χ3v) is 6.52. The standard InChI is InChI=1S/C30H35F2N3O4/c1-5-38-28(36)21-10-8-20(9-11-21)7-6-14-34-17-23(33-19-34)18-35(29(37)39-30(2,3)4)27-16-24(27)22-12-13-25(31)26(32)15-22/h8-13,15,17,19,24,27H,5-7,14,16,18H2,1-4H3. The van der Waals surface area contributed by atoms with Crippen LogP contribution in [0.5, 0.6) is 0 Å². The van der Waals surface area contributed by atoms with E-state index in [1.165, 1.54) is 6.07 Å². The molecule has 7 nitrogen and oxygen atoms in total. The van der Waals surface area contributed by atoms with Crippen molar-refractivity contribution in [1.82, 2.24) is 14.5 Å². The molecule has 2 atom stereocenters. The van der Waals surface area contributed by atoms with Crippen LogP contribution >= 0.6 is 0 Å². The Morgan fingerprint density at radius 2 is 1.85 bits per heavy atom. The minimum Gasteiger partial charge on any atom is -0.462 e. The molecule has 2 unspecified atom stereocenters. The zero-order chi connectivity index (χ0) is 28.2. The van der Waals surface area contributed by atoms with Crippen molar-refractivity contribution in [1.29, 1.82) is 0 Å². The van der Waals surface area contributed by atoms with Crippen molar-refractivity contribution in [3.05, 3.63) is 89.0 Å². The second-order valence-corrected chi connectivity index (χ2v) is 10.8. The Balaban J connectivity index is 1.36. The number of hydrogen-bond acceptors (Lipinski definition) is 5. The Hall–Kier alpha value is -3.75. The maximum absolute atomic E-state index is 13.8. The molecule has 9 heteroatoms. The van der Waals surface area contributed by atoms with Crippen molar-refractivity contribution in [2.45, 2.75) is 77.6 Å². The van der Waals surface area contributed by atoms with Gasteiger partial charge in [-0.05, 0) is 82.3 Å². The number of hydrogen-bond donors (Lipinski definition) is 0. The van der Waals surface area contributed by atoms with E-state index in [-0.39, 0.29) is 24.5 Å². The SMILES string of the molecule is CCOC(=O)c1ccc(CCCn2cnc(CN(C(=O)OC(C)(C)C)C3CC3c3ccc(F)c(F)c3)c2)cc1. The predicted octanol–water partition coefficient (Wildman–Crippen LogP) is 6.26. The Morgan fingerprint density at radius 1 is 1.10 bits per heavy atom. The number of nitrogens with zero attached hydrogens (tertiary/aromatic N) is 3. The quantitative estimate of drug-likeness (QED) is 0.284. The predicted molar refractivity (Wildman–Crippen MR) is 142 cm³/mol. The van der Waals surface area contributed by atoms with Crippen LogP contribution in [0.3, 0.4) is 0 Å². The first kappa shape index (κ1) is 28.3. The molecule has 0 spiro atoms. The zero-order valence-corrected chi connectivity index (χ0v) is 22.8. The summed E-state index contributed by atoms with van der Waals surface area (Å²) >= 11 is 0. The number of rotatable bonds is 10. The lowest BCUT2D eigenvalue weighted by Gasteiger charge is -2.27. The number of aromatic nitrogens is 2. The van der Waals surface area contributed by atoms with Crippen molar-refractivity contribution in [2.24, 2.45) is 0 Å². The van der Waals surface area contributed by atoms with Crippen molar-refractivity contribution in [2.75, 3.05) is 6.61 Å². The minimum absolute atomic E-state index is 0.0927. The average Bonchev–Trinajstić information content (AvgIpc) is 3.54. The minimum atomic E-state index is -0.893. The molecule has 1 heterocycles. The van der Waals surface area contributed by atoms with Gasteiger partial charge in [0.2, 0.25) is 0 Å². The first-order valence-corrected chi connectivity index (χ1v) is 13.3. The number of halogens is 2. The van der Waals surface area contributed by atoms with Gasteiger partial charge in [0.25, 0.3) is 0 Å². The molecule has 3 aromatic rings. The van der Waals surface area contributed by atoms with Gasteiger partial charge >= 0.3 is 12.1 Å². The van der Waals surface area contributed by atoms with Gasteiger partial charge in [-0.3, -0.25) is 4.90 Å². The number of ether oxygens (including phenoxy) is 2. The summed E-state index contributed by atoms with van der Waals surface area (Å²) in [4.78, 5) is 31.0. The van der Waals surface area contributed by atoms with Crippen LogP contribution in [-0.4, -0.2) is 44.8 Å². The Kier molecular flexibility index (Phi) is 8.67. The third-order valence-electron chi connectivity index (χ3n) is 6.52. The fourth-order valence-corrected chi connectivity index (χ4v) is 4.54. The molecule has 1 fully saturated rings. The largest absolute Gasteiger partial charge is 0.462 e. The lowest BCUT2D eigenvalue weighted by molar-refractivity contribution is 0.0210. The molecule has 0 radical (unpaired) electrons. The molecule has 0 bridgehead atoms. The summed E-state index contributed by atoms with van der Waals surface area (Å²) in [6.07, 6.45) is 5.53. The van der Waals surface area contributed by atoms with Crippen molar-refractivity contribution in [3.63, 3.8) is 0 Å². The van der Waals surface area contributed by atoms with Gasteiger partial charge < -0.3 is 14.0 Å². The molecule has 0 saturated heterocycles. The number of carbonyl (C=O) groups is 2. The van der Waals surface area contributed by atoms with E-state index >= 15 is 0 Å². The molecule has 0 aliphatic heterocycles. The van der Waals surface area contributed by atoms with Crippen LogP contribution < -0.4 is 0 Å². The van der Waals surface area contributed by atoms with E-state index in [1.54, 1.807) is 36.4 Å². The van der Waals surface area contributed by atoms with E-state index < -0.39 is 23.3 Å². The lowest BCUT2D eigenvalue weighted by Crippen LogP contribution is -2.38. The van der Waals surface area contributed by atoms with Gasteiger partial charge in [0.15, 0.2) is 11.6 Å². The summed E-state index contributed by atoms with van der Waals surface area (Å²) in [6.45, 7) is 8.54. The number of carbonyl (C=O) groups excluding carboxylic acids is 2. The van der Waals surface area contributed by atoms with Gasteiger partial charge in [0, 0.05) is 24.7 Å². The summed E-state index contributed by atoms with van der Waals surface area (Å²) in [7, 11) is 0. The van der Waals surface area contributed by atoms with Crippen LogP contribution in [0.2, 0.25) is 0 Å². The van der Waals surface area contributed by atoms with Gasteiger partial charge in [-0.15, -0.1) is 0 Å². The molecule has 208 valence electrons. The summed E-state index contributed by atoms with van der Waals surface area (Å²) in [5.41, 5.74) is 2.37. The van der Waals surface area contributed by atoms with Crippen LogP contribution in [0, 0.1) is 11.6 Å². The highest BCUT2D eigenvalue weighted by molar-refractivity contribution is 5.89. The van der Waals surface area contributed by atoms with Gasteiger partial charge in [0.05, 0.1) is 30.7 Å². The van der Waals surface area contributed by atoms with Crippen LogP contribution in [0.4, 0.5) is 13.6 Å². The second kappa shape index (κ2) is 12.0. The zero-order valence-electron chi connectivity index (χ0n) is 22.8. The van der Waals surface area contributed by atoms with E-state index in [1.807, 2.05) is 43.7 Å². The number of imidazole rings is 1. The molecule has 39 heavy (non-hydrogen) atoms. The van der Waals surface area contributed by atoms with E-state index in [0.717, 1.165) is 36.7 Å². The summed E-state index contributed by atoms with van der Waals surface area (Å²) in [6, 6.07) is 11.1.